The van der Waals surface area contributed by atoms with Crippen molar-refractivity contribution >= 4 is 11.6 Å². The van der Waals surface area contributed by atoms with Gasteiger partial charge in [-0.05, 0) is 79.9 Å². The van der Waals surface area contributed by atoms with Crippen LogP contribution in [0.1, 0.15) is 58.8 Å². The van der Waals surface area contributed by atoms with E-state index in [1.54, 1.807) is 19.6 Å². The lowest BCUT2D eigenvalue weighted by molar-refractivity contribution is -0.125. The molecule has 0 bridgehead atoms. The van der Waals surface area contributed by atoms with Crippen molar-refractivity contribution in [3.8, 4) is 0 Å². The van der Waals surface area contributed by atoms with Gasteiger partial charge in [-0.1, -0.05) is 12.5 Å². The summed E-state index contributed by atoms with van der Waals surface area (Å²) in [6.07, 6.45) is 8.95. The van der Waals surface area contributed by atoms with Gasteiger partial charge in [-0.15, -0.1) is 0 Å². The Balaban J connectivity index is 1.71. The van der Waals surface area contributed by atoms with Crippen LogP contribution in [0.15, 0.2) is 22.8 Å². The predicted molar refractivity (Wildman–Crippen MR) is 92.5 cm³/mol. The van der Waals surface area contributed by atoms with Crippen LogP contribution in [0, 0.1) is 23.2 Å². The fraction of sp³-hybridized carbons (Fsp3) is 0.714. The molecule has 0 heterocycles. The van der Waals surface area contributed by atoms with Crippen molar-refractivity contribution in [1.82, 2.24) is 0 Å². The number of methoxy groups -OCH3 is 1. The Morgan fingerprint density at radius 3 is 2.75 bits per heavy atom. The highest BCUT2D eigenvalue weighted by molar-refractivity contribution is 5.96. The number of ketones is 2. The highest BCUT2D eigenvalue weighted by Crippen LogP contribution is 2.62. The number of Topliss-reactive ketones (excluding diaryl/α,β-unsaturated/α-hetero) is 1. The van der Waals surface area contributed by atoms with Gasteiger partial charge in [-0.25, -0.2) is 0 Å². The fourth-order valence-electron chi connectivity index (χ4n) is 6.37. The molecule has 0 spiro atoms. The molecule has 4 aliphatic carbocycles. The van der Waals surface area contributed by atoms with Crippen LogP contribution in [-0.4, -0.2) is 24.8 Å². The molecule has 2 saturated carbocycles. The molecule has 5 atom stereocenters. The van der Waals surface area contributed by atoms with Crippen LogP contribution in [0.5, 0.6) is 0 Å². The number of allylic oxidation sites excluding steroid dienone is 2. The van der Waals surface area contributed by atoms with Crippen LogP contribution in [0.4, 0.5) is 0 Å². The van der Waals surface area contributed by atoms with Gasteiger partial charge in [0, 0.05) is 19.4 Å². The lowest BCUT2D eigenvalue weighted by atomic mass is 9.55. The molecule has 0 saturated heterocycles. The summed E-state index contributed by atoms with van der Waals surface area (Å²) < 4.78 is 5.41. The summed E-state index contributed by atoms with van der Waals surface area (Å²) in [6, 6.07) is 0. The molecule has 4 rings (SSSR count). The molecule has 24 heavy (non-hydrogen) atoms. The molecule has 0 aromatic rings. The topological polar surface area (TPSA) is 43.4 Å². The molecule has 3 nitrogen and oxygen atoms in total. The van der Waals surface area contributed by atoms with Crippen LogP contribution in [0.3, 0.4) is 0 Å². The quantitative estimate of drug-likeness (QED) is 0.769. The molecule has 130 valence electrons. The molecule has 0 radical (unpaired) electrons. The molecule has 0 amide bonds. The lowest BCUT2D eigenvalue weighted by Gasteiger charge is -2.49. The maximum atomic E-state index is 12.1. The Hall–Kier alpha value is -1.22. The smallest absolute Gasteiger partial charge is 0.184 e. The predicted octanol–water partition coefficient (Wildman–Crippen LogP) is 4.02. The zero-order valence-electron chi connectivity index (χ0n) is 15.1. The molecule has 0 aromatic carbocycles. The standard InChI is InChI=1S/C21H28O3/c1-12(22)17-6-7-18-15-5-4-13-10-19(23)20(24-3)11-16(13)14(15)8-9-21(17,18)2/h10,15,17-18,20H,4-9,11H2,1-3H3/t15-,17-,18+,20?,21-/m1/s1. The number of fused-ring (bicyclic) bond motifs is 4. The van der Waals surface area contributed by atoms with Crippen LogP contribution >= 0.6 is 0 Å². The first kappa shape index (κ1) is 16.3. The zero-order chi connectivity index (χ0) is 17.1. The van der Waals surface area contributed by atoms with Crippen molar-refractivity contribution < 1.29 is 14.3 Å². The molecule has 2 fully saturated rings. The van der Waals surface area contributed by atoms with Gasteiger partial charge >= 0.3 is 0 Å². The molecule has 0 aromatic heterocycles. The van der Waals surface area contributed by atoms with E-state index in [1.807, 2.05) is 6.08 Å². The van der Waals surface area contributed by atoms with Gasteiger partial charge in [-0.3, -0.25) is 9.59 Å². The monoisotopic (exact) mass is 328 g/mol. The fourth-order valence-corrected chi connectivity index (χ4v) is 6.37. The van der Waals surface area contributed by atoms with E-state index >= 15 is 0 Å². The van der Waals surface area contributed by atoms with Gasteiger partial charge in [0.25, 0.3) is 0 Å². The molecular formula is C21H28O3. The number of hydrogen-bond acceptors (Lipinski definition) is 3. The summed E-state index contributed by atoms with van der Waals surface area (Å²) in [5.41, 5.74) is 4.47. The third-order valence-electron chi connectivity index (χ3n) is 7.57. The van der Waals surface area contributed by atoms with Crippen LogP contribution < -0.4 is 0 Å². The normalized spacial score (nSPS) is 41.5. The van der Waals surface area contributed by atoms with Gasteiger partial charge in [0.1, 0.15) is 11.9 Å². The van der Waals surface area contributed by atoms with E-state index in [0.717, 1.165) is 38.5 Å². The number of hydrogen-bond donors (Lipinski definition) is 0. The Kier molecular flexibility index (Phi) is 3.83. The van der Waals surface area contributed by atoms with Crippen molar-refractivity contribution in [3.05, 3.63) is 22.8 Å². The second-order valence-electron chi connectivity index (χ2n) is 8.50. The van der Waals surface area contributed by atoms with Crippen LogP contribution in [0.25, 0.3) is 0 Å². The van der Waals surface area contributed by atoms with Crippen molar-refractivity contribution in [3.63, 3.8) is 0 Å². The Morgan fingerprint density at radius 1 is 1.25 bits per heavy atom. The maximum Gasteiger partial charge on any atom is 0.184 e. The van der Waals surface area contributed by atoms with Crippen molar-refractivity contribution in [2.24, 2.45) is 23.2 Å². The van der Waals surface area contributed by atoms with E-state index in [1.165, 1.54) is 17.6 Å². The molecule has 3 heteroatoms. The molecule has 1 unspecified atom stereocenters. The van der Waals surface area contributed by atoms with Crippen LogP contribution in [0.2, 0.25) is 0 Å². The van der Waals surface area contributed by atoms with Crippen molar-refractivity contribution in [2.75, 3.05) is 7.11 Å². The summed E-state index contributed by atoms with van der Waals surface area (Å²) >= 11 is 0. The second kappa shape index (κ2) is 5.66. The maximum absolute atomic E-state index is 12.1. The summed E-state index contributed by atoms with van der Waals surface area (Å²) in [7, 11) is 1.64. The van der Waals surface area contributed by atoms with E-state index in [0.29, 0.717) is 17.6 Å². The Morgan fingerprint density at radius 2 is 2.04 bits per heavy atom. The van der Waals surface area contributed by atoms with Crippen molar-refractivity contribution in [1.29, 1.82) is 0 Å². The average molecular weight is 328 g/mol. The molecule has 4 aliphatic rings. The first-order valence-electron chi connectivity index (χ1n) is 9.45. The average Bonchev–Trinajstić information content (AvgIpc) is 2.91. The Labute approximate surface area is 144 Å². The minimum Gasteiger partial charge on any atom is -0.373 e. The molecular weight excluding hydrogens is 300 g/mol. The summed E-state index contributed by atoms with van der Waals surface area (Å²) in [5.74, 6) is 2.03. The zero-order valence-corrected chi connectivity index (χ0v) is 15.1. The van der Waals surface area contributed by atoms with E-state index in [4.69, 9.17) is 4.74 Å². The van der Waals surface area contributed by atoms with Gasteiger partial charge in [0.2, 0.25) is 0 Å². The van der Waals surface area contributed by atoms with Gasteiger partial charge in [0.05, 0.1) is 0 Å². The summed E-state index contributed by atoms with van der Waals surface area (Å²) in [5, 5.41) is 0. The van der Waals surface area contributed by atoms with Gasteiger partial charge in [-0.2, -0.15) is 0 Å². The largest absolute Gasteiger partial charge is 0.373 e. The number of rotatable bonds is 2. The summed E-state index contributed by atoms with van der Waals surface area (Å²) in [4.78, 5) is 24.3. The van der Waals surface area contributed by atoms with Gasteiger partial charge < -0.3 is 4.74 Å². The SMILES string of the molecule is COC1CC2=C3CC[C@]4(C)[C@@H](C(C)=O)CC[C@H]4[C@@H]3CCC2=CC1=O. The van der Waals surface area contributed by atoms with E-state index in [-0.39, 0.29) is 23.2 Å². The van der Waals surface area contributed by atoms with E-state index in [9.17, 15) is 9.59 Å². The summed E-state index contributed by atoms with van der Waals surface area (Å²) in [6.45, 7) is 4.15. The first-order chi connectivity index (χ1) is 11.5. The minimum absolute atomic E-state index is 0.133. The highest BCUT2D eigenvalue weighted by atomic mass is 16.5. The second-order valence-corrected chi connectivity index (χ2v) is 8.50. The van der Waals surface area contributed by atoms with Crippen molar-refractivity contribution in [2.45, 2.75) is 64.9 Å². The van der Waals surface area contributed by atoms with Crippen LogP contribution in [-0.2, 0) is 14.3 Å². The van der Waals surface area contributed by atoms with Gasteiger partial charge in [0.15, 0.2) is 5.78 Å². The molecule has 0 N–H and O–H groups in total. The number of ether oxygens (including phenoxy) is 1. The number of carbonyl (C=O) groups excluding carboxylic acids is 2. The minimum atomic E-state index is -0.295. The third-order valence-corrected chi connectivity index (χ3v) is 7.57. The third kappa shape index (κ3) is 2.20. The molecule has 0 aliphatic heterocycles. The van der Waals surface area contributed by atoms with E-state index in [2.05, 4.69) is 6.92 Å². The first-order valence-corrected chi connectivity index (χ1v) is 9.45. The highest BCUT2D eigenvalue weighted by Gasteiger charge is 2.54. The Bertz CT molecular complexity index is 656. The lowest BCUT2D eigenvalue weighted by Crippen LogP contribution is -2.42. The van der Waals surface area contributed by atoms with E-state index < -0.39 is 0 Å². The number of carbonyl (C=O) groups is 2.